The Bertz CT molecular complexity index is 1300. The monoisotopic (exact) mass is 475 g/mol. The van der Waals surface area contributed by atoms with Gasteiger partial charge in [0.1, 0.15) is 17.7 Å². The first-order valence-corrected chi connectivity index (χ1v) is 12.9. The van der Waals surface area contributed by atoms with Crippen molar-refractivity contribution in [3.8, 4) is 5.75 Å². The highest BCUT2D eigenvalue weighted by Crippen LogP contribution is 2.38. The number of hydrogen-bond acceptors (Lipinski definition) is 5. The van der Waals surface area contributed by atoms with Crippen molar-refractivity contribution < 1.29 is 13.9 Å². The molecule has 2 aromatic heterocycles. The molecule has 3 fully saturated rings. The van der Waals surface area contributed by atoms with Crippen LogP contribution in [0, 0.1) is 5.82 Å². The first kappa shape index (κ1) is 21.3. The topological polar surface area (TPSA) is 63.0 Å². The normalized spacial score (nSPS) is 26.2. The number of carbonyl (C=O) groups excluding carboxylic acids is 1. The van der Waals surface area contributed by atoms with Crippen LogP contribution in [-0.4, -0.2) is 55.5 Å². The number of amides is 1. The summed E-state index contributed by atoms with van der Waals surface area (Å²) >= 11 is 0. The second-order valence-electron chi connectivity index (χ2n) is 10.8. The molecule has 1 aromatic carbocycles. The zero-order valence-corrected chi connectivity index (χ0v) is 20.0. The SMILES string of the molecule is CN1[C@@H]2CC[C@H]1CC(Oc1cc(F)ccc1C(=O)N1Cc3nn4cc(C5CCC5)cnc4c3C1)C2. The first-order valence-electron chi connectivity index (χ1n) is 12.9. The van der Waals surface area contributed by atoms with Crippen molar-refractivity contribution in [2.75, 3.05) is 7.05 Å². The Hall–Kier alpha value is -3.00. The summed E-state index contributed by atoms with van der Waals surface area (Å²) in [7, 11) is 2.18. The van der Waals surface area contributed by atoms with E-state index in [4.69, 9.17) is 14.8 Å². The molecule has 7 nitrogen and oxygen atoms in total. The van der Waals surface area contributed by atoms with E-state index in [0.29, 0.717) is 42.4 Å². The number of rotatable bonds is 4. The zero-order valence-electron chi connectivity index (χ0n) is 20.0. The van der Waals surface area contributed by atoms with Crippen LogP contribution in [0.2, 0.25) is 0 Å². The minimum atomic E-state index is -0.388. The molecule has 35 heavy (non-hydrogen) atoms. The number of fused-ring (bicyclic) bond motifs is 5. The van der Waals surface area contributed by atoms with Gasteiger partial charge in [-0.05, 0) is 69.2 Å². The molecule has 182 valence electrons. The van der Waals surface area contributed by atoms with E-state index in [1.54, 1.807) is 11.0 Å². The van der Waals surface area contributed by atoms with Gasteiger partial charge in [0.05, 0.1) is 24.3 Å². The molecule has 1 saturated carbocycles. The molecule has 1 aliphatic carbocycles. The van der Waals surface area contributed by atoms with Crippen LogP contribution < -0.4 is 4.74 Å². The molecule has 3 aliphatic heterocycles. The summed E-state index contributed by atoms with van der Waals surface area (Å²) in [5.74, 6) is 0.408. The fraction of sp³-hybridized carbons (Fsp3) is 0.519. The molecule has 3 atom stereocenters. The summed E-state index contributed by atoms with van der Waals surface area (Å²) in [6.45, 7) is 0.869. The lowest BCUT2D eigenvalue weighted by Gasteiger charge is -2.36. The quantitative estimate of drug-likeness (QED) is 0.563. The van der Waals surface area contributed by atoms with Gasteiger partial charge >= 0.3 is 0 Å². The number of piperidine rings is 1. The van der Waals surface area contributed by atoms with Gasteiger partial charge in [-0.3, -0.25) is 4.79 Å². The molecule has 2 bridgehead atoms. The summed E-state index contributed by atoms with van der Waals surface area (Å²) in [4.78, 5) is 22.5. The van der Waals surface area contributed by atoms with Gasteiger partial charge in [-0.25, -0.2) is 13.9 Å². The number of ether oxygens (including phenoxy) is 1. The molecular weight excluding hydrogens is 445 g/mol. The minimum absolute atomic E-state index is 0.00565. The van der Waals surface area contributed by atoms with E-state index in [1.165, 1.54) is 49.8 Å². The van der Waals surface area contributed by atoms with Crippen LogP contribution in [0.25, 0.3) is 5.65 Å². The van der Waals surface area contributed by atoms with Crippen molar-refractivity contribution in [2.45, 2.75) is 82.1 Å². The van der Waals surface area contributed by atoms with E-state index in [0.717, 1.165) is 29.7 Å². The lowest BCUT2D eigenvalue weighted by atomic mass is 9.81. The van der Waals surface area contributed by atoms with Gasteiger partial charge in [0.2, 0.25) is 0 Å². The summed E-state index contributed by atoms with van der Waals surface area (Å²) < 4.78 is 22.4. The van der Waals surface area contributed by atoms with Crippen molar-refractivity contribution >= 4 is 11.6 Å². The maximum Gasteiger partial charge on any atom is 0.258 e. The standard InChI is InChI=1S/C27H30FN5O2/c1-31-19-6-7-20(31)11-21(10-19)35-25-9-18(28)5-8-22(25)27(34)32-14-23-24(15-32)30-33-13-17(12-29-26(23)33)16-3-2-4-16/h5,8-9,12-13,16,19-21H,2-4,6-7,10-11,14-15H2,1H3/t19-,20+,21?. The lowest BCUT2D eigenvalue weighted by Crippen LogP contribution is -2.44. The predicted octanol–water partition coefficient (Wildman–Crippen LogP) is 4.30. The van der Waals surface area contributed by atoms with Gasteiger partial charge in [-0.1, -0.05) is 6.42 Å². The van der Waals surface area contributed by atoms with Crippen LogP contribution in [0.4, 0.5) is 4.39 Å². The van der Waals surface area contributed by atoms with Crippen molar-refractivity contribution in [3.63, 3.8) is 0 Å². The minimum Gasteiger partial charge on any atom is -0.489 e. The zero-order chi connectivity index (χ0) is 23.7. The Balaban J connectivity index is 1.11. The van der Waals surface area contributed by atoms with Crippen LogP contribution >= 0.6 is 0 Å². The molecular formula is C27H30FN5O2. The maximum atomic E-state index is 14.2. The van der Waals surface area contributed by atoms with E-state index >= 15 is 0 Å². The molecule has 7 rings (SSSR count). The fourth-order valence-corrected chi connectivity index (χ4v) is 6.43. The summed E-state index contributed by atoms with van der Waals surface area (Å²) in [6, 6.07) is 5.28. The van der Waals surface area contributed by atoms with Gasteiger partial charge in [0.15, 0.2) is 5.65 Å². The number of aromatic nitrogens is 3. The second-order valence-corrected chi connectivity index (χ2v) is 10.8. The van der Waals surface area contributed by atoms with Crippen LogP contribution in [-0.2, 0) is 13.1 Å². The van der Waals surface area contributed by atoms with Crippen LogP contribution in [0.1, 0.15) is 78.0 Å². The van der Waals surface area contributed by atoms with Gasteiger partial charge in [0.25, 0.3) is 5.91 Å². The van der Waals surface area contributed by atoms with E-state index in [1.807, 2.05) is 10.7 Å². The molecule has 1 unspecified atom stereocenters. The Kier molecular flexibility index (Phi) is 4.88. The molecule has 0 spiro atoms. The van der Waals surface area contributed by atoms with Crippen LogP contribution in [0.15, 0.2) is 30.6 Å². The number of nitrogens with zero attached hydrogens (tertiary/aromatic N) is 5. The number of halogens is 1. The fourth-order valence-electron chi connectivity index (χ4n) is 6.43. The summed E-state index contributed by atoms with van der Waals surface area (Å²) in [5.41, 5.74) is 4.35. The third-order valence-corrected chi connectivity index (χ3v) is 8.75. The molecule has 8 heteroatoms. The number of carbonyl (C=O) groups is 1. The Morgan fingerprint density at radius 1 is 1.11 bits per heavy atom. The van der Waals surface area contributed by atoms with Crippen molar-refractivity contribution in [3.05, 3.63) is 58.8 Å². The molecule has 3 aromatic rings. The van der Waals surface area contributed by atoms with Crippen molar-refractivity contribution in [1.82, 2.24) is 24.4 Å². The Morgan fingerprint density at radius 3 is 2.66 bits per heavy atom. The van der Waals surface area contributed by atoms with E-state index in [9.17, 15) is 9.18 Å². The molecule has 4 aliphatic rings. The molecule has 2 saturated heterocycles. The molecule has 0 N–H and O–H groups in total. The Morgan fingerprint density at radius 2 is 1.91 bits per heavy atom. The number of benzene rings is 1. The predicted molar refractivity (Wildman–Crippen MR) is 128 cm³/mol. The number of hydrogen-bond donors (Lipinski definition) is 0. The largest absolute Gasteiger partial charge is 0.489 e. The van der Waals surface area contributed by atoms with Gasteiger partial charge in [0, 0.05) is 36.1 Å². The molecule has 5 heterocycles. The Labute approximate surface area is 203 Å². The van der Waals surface area contributed by atoms with E-state index in [2.05, 4.69) is 18.1 Å². The molecule has 1 amide bonds. The van der Waals surface area contributed by atoms with Crippen LogP contribution in [0.5, 0.6) is 5.75 Å². The van der Waals surface area contributed by atoms with Gasteiger partial charge < -0.3 is 14.5 Å². The third-order valence-electron chi connectivity index (χ3n) is 8.75. The first-order chi connectivity index (χ1) is 17.0. The average molecular weight is 476 g/mol. The van der Waals surface area contributed by atoms with E-state index in [-0.39, 0.29) is 17.8 Å². The van der Waals surface area contributed by atoms with Gasteiger partial charge in [-0.15, -0.1) is 0 Å². The van der Waals surface area contributed by atoms with Gasteiger partial charge in [-0.2, -0.15) is 5.10 Å². The summed E-state index contributed by atoms with van der Waals surface area (Å²) in [6.07, 6.45) is 12.0. The average Bonchev–Trinajstić information content (AvgIpc) is 3.40. The lowest BCUT2D eigenvalue weighted by molar-refractivity contribution is 0.0622. The van der Waals surface area contributed by atoms with Crippen molar-refractivity contribution in [2.24, 2.45) is 0 Å². The smallest absolute Gasteiger partial charge is 0.258 e. The highest BCUT2D eigenvalue weighted by atomic mass is 19.1. The second kappa shape index (κ2) is 8.01. The summed E-state index contributed by atoms with van der Waals surface area (Å²) in [5, 5.41) is 4.75. The van der Waals surface area contributed by atoms with Crippen molar-refractivity contribution in [1.29, 1.82) is 0 Å². The van der Waals surface area contributed by atoms with Crippen LogP contribution in [0.3, 0.4) is 0 Å². The maximum absolute atomic E-state index is 14.2. The highest BCUT2D eigenvalue weighted by Gasteiger charge is 2.40. The molecule has 0 radical (unpaired) electrons. The third kappa shape index (κ3) is 3.53. The highest BCUT2D eigenvalue weighted by molar-refractivity contribution is 5.97. The van der Waals surface area contributed by atoms with E-state index < -0.39 is 0 Å².